The average molecular weight is 271 g/mol. The van der Waals surface area contributed by atoms with Crippen LogP contribution in [0.25, 0.3) is 0 Å². The summed E-state index contributed by atoms with van der Waals surface area (Å²) < 4.78 is 7.62. The molecule has 4 heteroatoms. The van der Waals surface area contributed by atoms with E-state index in [1.165, 1.54) is 24.1 Å². The summed E-state index contributed by atoms with van der Waals surface area (Å²) in [4.78, 5) is 4.27. The largest absolute Gasteiger partial charge is 0.496 e. The minimum Gasteiger partial charge on any atom is -0.496 e. The van der Waals surface area contributed by atoms with E-state index in [0.717, 1.165) is 31.3 Å². The third-order valence-corrected chi connectivity index (χ3v) is 3.76. The summed E-state index contributed by atoms with van der Waals surface area (Å²) in [7, 11) is 1.72. The number of methoxy groups -OCH3 is 1. The van der Waals surface area contributed by atoms with Gasteiger partial charge in [-0.1, -0.05) is 18.2 Å². The van der Waals surface area contributed by atoms with Crippen molar-refractivity contribution in [1.82, 2.24) is 14.9 Å². The van der Waals surface area contributed by atoms with Crippen LogP contribution in [0.4, 0.5) is 0 Å². The molecule has 4 nitrogen and oxygen atoms in total. The summed E-state index contributed by atoms with van der Waals surface area (Å²) in [6.45, 7) is 1.85. The molecule has 0 atom stereocenters. The van der Waals surface area contributed by atoms with E-state index in [1.807, 2.05) is 24.7 Å². The van der Waals surface area contributed by atoms with Crippen molar-refractivity contribution in [3.05, 3.63) is 48.0 Å². The zero-order valence-corrected chi connectivity index (χ0v) is 11.9. The summed E-state index contributed by atoms with van der Waals surface area (Å²) >= 11 is 0. The molecule has 2 aromatic rings. The maximum absolute atomic E-state index is 5.40. The van der Waals surface area contributed by atoms with Gasteiger partial charge in [-0.2, -0.15) is 0 Å². The molecule has 3 rings (SSSR count). The van der Waals surface area contributed by atoms with Crippen molar-refractivity contribution in [1.29, 1.82) is 0 Å². The van der Waals surface area contributed by atoms with Crippen LogP contribution in [-0.4, -0.2) is 22.7 Å². The quantitative estimate of drug-likeness (QED) is 0.840. The Morgan fingerprint density at radius 2 is 2.20 bits per heavy atom. The van der Waals surface area contributed by atoms with Crippen LogP contribution in [0.2, 0.25) is 0 Å². The molecule has 0 radical (unpaired) electrons. The Balaban J connectivity index is 1.61. The first kappa shape index (κ1) is 13.2. The van der Waals surface area contributed by atoms with Crippen molar-refractivity contribution in [3.8, 4) is 5.75 Å². The standard InChI is InChI=1S/C16H21N3O/c1-20-16-5-3-2-4-13(16)8-9-19-12-17-10-15(19)11-18-14-6-7-14/h2-5,10,12,14,18H,6-9,11H2,1H3. The van der Waals surface area contributed by atoms with Gasteiger partial charge in [0, 0.05) is 25.3 Å². The van der Waals surface area contributed by atoms with Gasteiger partial charge in [0.2, 0.25) is 0 Å². The van der Waals surface area contributed by atoms with Gasteiger partial charge in [-0.15, -0.1) is 0 Å². The highest BCUT2D eigenvalue weighted by Gasteiger charge is 2.20. The number of ether oxygens (including phenoxy) is 1. The van der Waals surface area contributed by atoms with Gasteiger partial charge in [-0.3, -0.25) is 0 Å². The van der Waals surface area contributed by atoms with E-state index in [9.17, 15) is 0 Å². The molecule has 0 saturated heterocycles. The van der Waals surface area contributed by atoms with Crippen LogP contribution in [0.5, 0.6) is 5.75 Å². The minimum atomic E-state index is 0.729. The van der Waals surface area contributed by atoms with Gasteiger partial charge in [0.1, 0.15) is 5.75 Å². The van der Waals surface area contributed by atoms with Gasteiger partial charge in [-0.05, 0) is 30.9 Å². The van der Waals surface area contributed by atoms with E-state index in [1.54, 1.807) is 7.11 Å². The average Bonchev–Trinajstić information content (AvgIpc) is 3.21. The van der Waals surface area contributed by atoms with Gasteiger partial charge in [0.05, 0.1) is 19.1 Å². The maximum atomic E-state index is 5.40. The molecule has 1 aliphatic rings. The predicted octanol–water partition coefficient (Wildman–Crippen LogP) is 2.39. The van der Waals surface area contributed by atoms with Gasteiger partial charge in [0.15, 0.2) is 0 Å². The van der Waals surface area contributed by atoms with Crippen LogP contribution in [0, 0.1) is 0 Å². The highest BCUT2D eigenvalue weighted by atomic mass is 16.5. The Morgan fingerprint density at radius 1 is 1.35 bits per heavy atom. The number of hydrogen-bond donors (Lipinski definition) is 1. The lowest BCUT2D eigenvalue weighted by Gasteiger charge is -2.11. The molecule has 1 aromatic heterocycles. The highest BCUT2D eigenvalue weighted by Crippen LogP contribution is 2.20. The van der Waals surface area contributed by atoms with Crippen molar-refractivity contribution >= 4 is 0 Å². The second kappa shape index (κ2) is 6.09. The van der Waals surface area contributed by atoms with Crippen molar-refractivity contribution in [3.63, 3.8) is 0 Å². The molecule has 1 aliphatic carbocycles. The van der Waals surface area contributed by atoms with Crippen LogP contribution >= 0.6 is 0 Å². The van der Waals surface area contributed by atoms with Gasteiger partial charge < -0.3 is 14.6 Å². The number of imidazole rings is 1. The zero-order valence-electron chi connectivity index (χ0n) is 11.9. The highest BCUT2D eigenvalue weighted by molar-refractivity contribution is 5.33. The fourth-order valence-corrected chi connectivity index (χ4v) is 2.38. The minimum absolute atomic E-state index is 0.729. The van der Waals surface area contributed by atoms with Crippen molar-refractivity contribution < 1.29 is 4.74 Å². The third kappa shape index (κ3) is 3.20. The number of benzene rings is 1. The first-order valence-electron chi connectivity index (χ1n) is 7.21. The fourth-order valence-electron chi connectivity index (χ4n) is 2.38. The first-order chi connectivity index (χ1) is 9.86. The number of nitrogens with one attached hydrogen (secondary N) is 1. The predicted molar refractivity (Wildman–Crippen MR) is 78.8 cm³/mol. The molecule has 1 aromatic carbocycles. The van der Waals surface area contributed by atoms with E-state index < -0.39 is 0 Å². The number of aromatic nitrogens is 2. The Labute approximate surface area is 119 Å². The summed E-state index contributed by atoms with van der Waals surface area (Å²) in [5.41, 5.74) is 2.50. The van der Waals surface area contributed by atoms with Crippen molar-refractivity contribution in [2.24, 2.45) is 0 Å². The summed E-state index contributed by atoms with van der Waals surface area (Å²) in [6, 6.07) is 8.93. The molecule has 20 heavy (non-hydrogen) atoms. The molecule has 0 amide bonds. The molecule has 0 unspecified atom stereocenters. The van der Waals surface area contributed by atoms with E-state index in [2.05, 4.69) is 27.0 Å². The van der Waals surface area contributed by atoms with E-state index >= 15 is 0 Å². The van der Waals surface area contributed by atoms with Crippen molar-refractivity contribution in [2.75, 3.05) is 7.11 Å². The zero-order chi connectivity index (χ0) is 13.8. The number of aryl methyl sites for hydroxylation is 2. The molecule has 0 bridgehead atoms. The van der Waals surface area contributed by atoms with Gasteiger partial charge in [-0.25, -0.2) is 4.98 Å². The molecule has 0 aliphatic heterocycles. The second-order valence-electron chi connectivity index (χ2n) is 5.30. The first-order valence-corrected chi connectivity index (χ1v) is 7.21. The number of nitrogens with zero attached hydrogens (tertiary/aromatic N) is 2. The summed E-state index contributed by atoms with van der Waals surface area (Å²) in [5, 5.41) is 3.53. The number of para-hydroxylation sites is 1. The lowest BCUT2D eigenvalue weighted by Crippen LogP contribution is -2.18. The molecular formula is C16H21N3O. The van der Waals surface area contributed by atoms with E-state index in [0.29, 0.717) is 0 Å². The summed E-state index contributed by atoms with van der Waals surface area (Å²) in [5.74, 6) is 0.963. The van der Waals surface area contributed by atoms with Crippen molar-refractivity contribution in [2.45, 2.75) is 38.4 Å². The second-order valence-corrected chi connectivity index (χ2v) is 5.30. The lowest BCUT2D eigenvalue weighted by molar-refractivity contribution is 0.408. The number of hydrogen-bond acceptors (Lipinski definition) is 3. The molecule has 0 spiro atoms. The topological polar surface area (TPSA) is 39.1 Å². The fraction of sp³-hybridized carbons (Fsp3) is 0.438. The van der Waals surface area contributed by atoms with Crippen LogP contribution in [0.1, 0.15) is 24.1 Å². The van der Waals surface area contributed by atoms with Gasteiger partial charge >= 0.3 is 0 Å². The smallest absolute Gasteiger partial charge is 0.122 e. The Kier molecular flexibility index (Phi) is 4.02. The molecular weight excluding hydrogens is 250 g/mol. The molecule has 1 saturated carbocycles. The van der Waals surface area contributed by atoms with E-state index in [-0.39, 0.29) is 0 Å². The van der Waals surface area contributed by atoms with E-state index in [4.69, 9.17) is 4.74 Å². The lowest BCUT2D eigenvalue weighted by atomic mass is 10.1. The normalized spacial score (nSPS) is 14.4. The maximum Gasteiger partial charge on any atom is 0.122 e. The molecule has 1 fully saturated rings. The van der Waals surface area contributed by atoms with Crippen LogP contribution in [0.15, 0.2) is 36.8 Å². The van der Waals surface area contributed by atoms with Crippen LogP contribution in [-0.2, 0) is 19.5 Å². The number of rotatable bonds is 7. The Bertz CT molecular complexity index is 560. The SMILES string of the molecule is COc1ccccc1CCn1cncc1CNC1CC1. The van der Waals surface area contributed by atoms with Gasteiger partial charge in [0.25, 0.3) is 0 Å². The third-order valence-electron chi connectivity index (χ3n) is 3.76. The van der Waals surface area contributed by atoms with Crippen LogP contribution in [0.3, 0.4) is 0 Å². The molecule has 106 valence electrons. The van der Waals surface area contributed by atoms with Crippen LogP contribution < -0.4 is 10.1 Å². The Morgan fingerprint density at radius 3 is 3.00 bits per heavy atom. The molecule has 1 heterocycles. The summed E-state index contributed by atoms with van der Waals surface area (Å²) in [6.07, 6.45) is 7.46. The monoisotopic (exact) mass is 271 g/mol. The molecule has 1 N–H and O–H groups in total. The Hall–Kier alpha value is -1.81.